The minimum atomic E-state index is -3.72. The number of sulfone groups is 1. The van der Waals surface area contributed by atoms with Crippen LogP contribution in [0.2, 0.25) is 5.02 Å². The van der Waals surface area contributed by atoms with Crippen LogP contribution < -0.4 is 14.2 Å². The number of fused-ring (bicyclic) bond motifs is 1. The van der Waals surface area contributed by atoms with E-state index in [1.165, 1.54) is 13.2 Å². The molecule has 0 aliphatic carbocycles. The zero-order valence-corrected chi connectivity index (χ0v) is 21.6. The highest BCUT2D eigenvalue weighted by molar-refractivity contribution is 8.16. The average Bonchev–Trinajstić information content (AvgIpc) is 3.28. The highest BCUT2D eigenvalue weighted by Crippen LogP contribution is 2.32. The molecule has 1 amide bonds. The Balaban J connectivity index is 1.43. The SMILES string of the molecule is COc1cc(/C=C2/C(=N)N3C(=NC2=O)SN=C3S(C)(=O)=O)ccc1OCCCOc1ccc(Cl)cc1. The topological polar surface area (TPSA) is 131 Å². The summed E-state index contributed by atoms with van der Waals surface area (Å²) in [5, 5.41) is 8.77. The number of methoxy groups -OCH3 is 1. The van der Waals surface area contributed by atoms with E-state index in [0.717, 1.165) is 28.9 Å². The molecule has 188 valence electrons. The van der Waals surface area contributed by atoms with E-state index < -0.39 is 15.7 Å². The number of rotatable bonds is 8. The van der Waals surface area contributed by atoms with Crippen molar-refractivity contribution in [3.63, 3.8) is 0 Å². The van der Waals surface area contributed by atoms with Gasteiger partial charge < -0.3 is 14.2 Å². The Morgan fingerprint density at radius 2 is 1.83 bits per heavy atom. The highest BCUT2D eigenvalue weighted by atomic mass is 35.5. The van der Waals surface area contributed by atoms with Gasteiger partial charge >= 0.3 is 0 Å². The lowest BCUT2D eigenvalue weighted by Crippen LogP contribution is -2.45. The number of carbonyl (C=O) groups excluding carboxylic acids is 1. The molecule has 2 aromatic carbocycles. The Morgan fingerprint density at radius 3 is 2.53 bits per heavy atom. The van der Waals surface area contributed by atoms with Crippen molar-refractivity contribution in [1.82, 2.24) is 4.90 Å². The van der Waals surface area contributed by atoms with E-state index in [-0.39, 0.29) is 21.7 Å². The van der Waals surface area contributed by atoms with Crippen LogP contribution in [0.15, 0.2) is 57.4 Å². The van der Waals surface area contributed by atoms with Gasteiger partial charge in [0.2, 0.25) is 20.2 Å². The number of benzene rings is 2. The average molecular weight is 549 g/mol. The third kappa shape index (κ3) is 5.72. The van der Waals surface area contributed by atoms with Crippen molar-refractivity contribution < 1.29 is 27.4 Å². The fourth-order valence-electron chi connectivity index (χ4n) is 3.26. The van der Waals surface area contributed by atoms with Crippen molar-refractivity contribution in [1.29, 1.82) is 5.41 Å². The minimum Gasteiger partial charge on any atom is -0.493 e. The van der Waals surface area contributed by atoms with Gasteiger partial charge in [-0.2, -0.15) is 9.39 Å². The summed E-state index contributed by atoms with van der Waals surface area (Å²) in [5.41, 5.74) is 0.467. The van der Waals surface area contributed by atoms with Crippen LogP contribution in [0.3, 0.4) is 0 Å². The van der Waals surface area contributed by atoms with Gasteiger partial charge in [-0.15, -0.1) is 0 Å². The van der Waals surface area contributed by atoms with Gasteiger partial charge in [0.05, 0.1) is 37.8 Å². The van der Waals surface area contributed by atoms with Crippen LogP contribution in [0.5, 0.6) is 17.2 Å². The Bertz CT molecular complexity index is 1400. The van der Waals surface area contributed by atoms with Crippen LogP contribution in [-0.2, 0) is 14.6 Å². The van der Waals surface area contributed by atoms with Crippen LogP contribution in [0.25, 0.3) is 6.08 Å². The van der Waals surface area contributed by atoms with Gasteiger partial charge in [0.25, 0.3) is 5.91 Å². The van der Waals surface area contributed by atoms with Crippen molar-refractivity contribution in [3.8, 4) is 17.2 Å². The molecule has 4 rings (SSSR count). The summed E-state index contributed by atoms with van der Waals surface area (Å²) in [4.78, 5) is 17.5. The first-order valence-corrected chi connectivity index (χ1v) is 13.6. The molecule has 2 aliphatic heterocycles. The number of nitrogens with zero attached hydrogens (tertiary/aromatic N) is 3. The fraction of sp³-hybridized carbons (Fsp3) is 0.217. The van der Waals surface area contributed by atoms with Crippen LogP contribution in [0.4, 0.5) is 0 Å². The maximum atomic E-state index is 12.5. The zero-order valence-electron chi connectivity index (χ0n) is 19.2. The number of hydrogen-bond donors (Lipinski definition) is 1. The number of aliphatic imine (C=N–C) groups is 1. The normalized spacial score (nSPS) is 16.5. The second-order valence-corrected chi connectivity index (χ2v) is 10.7. The maximum absolute atomic E-state index is 12.5. The molecule has 2 aliphatic rings. The molecule has 36 heavy (non-hydrogen) atoms. The molecule has 2 heterocycles. The molecule has 0 saturated heterocycles. The van der Waals surface area contributed by atoms with Crippen LogP contribution >= 0.6 is 23.5 Å². The molecule has 2 aromatic rings. The number of amidine groups is 3. The van der Waals surface area contributed by atoms with Gasteiger partial charge in [-0.05, 0) is 48.0 Å². The predicted octanol–water partition coefficient (Wildman–Crippen LogP) is 3.82. The first kappa shape index (κ1) is 25.7. The van der Waals surface area contributed by atoms with E-state index in [1.54, 1.807) is 42.5 Å². The highest BCUT2D eigenvalue weighted by Gasteiger charge is 2.41. The molecule has 0 radical (unpaired) electrons. The summed E-state index contributed by atoms with van der Waals surface area (Å²) in [6.07, 6.45) is 3.05. The smallest absolute Gasteiger partial charge is 0.283 e. The summed E-state index contributed by atoms with van der Waals surface area (Å²) in [6.45, 7) is 0.833. The van der Waals surface area contributed by atoms with E-state index in [1.807, 2.05) is 0 Å². The quantitative estimate of drug-likeness (QED) is 0.299. The molecule has 0 saturated carbocycles. The molecule has 10 nitrogen and oxygen atoms in total. The summed E-state index contributed by atoms with van der Waals surface area (Å²) >= 11 is 6.60. The van der Waals surface area contributed by atoms with Gasteiger partial charge in [-0.1, -0.05) is 17.7 Å². The number of ether oxygens (including phenoxy) is 3. The van der Waals surface area contributed by atoms with E-state index in [4.69, 9.17) is 31.2 Å². The van der Waals surface area contributed by atoms with Crippen LogP contribution in [-0.4, -0.2) is 62.0 Å². The lowest BCUT2D eigenvalue weighted by atomic mass is 10.1. The molecule has 0 bridgehead atoms. The Morgan fingerprint density at radius 1 is 1.11 bits per heavy atom. The van der Waals surface area contributed by atoms with Crippen molar-refractivity contribution in [2.75, 3.05) is 26.6 Å². The monoisotopic (exact) mass is 548 g/mol. The summed E-state index contributed by atoms with van der Waals surface area (Å²) in [5.74, 6) is 0.662. The second-order valence-electron chi connectivity index (χ2n) is 7.59. The lowest BCUT2D eigenvalue weighted by Gasteiger charge is -2.23. The molecular weight excluding hydrogens is 528 g/mol. The Labute approximate surface area is 217 Å². The van der Waals surface area contributed by atoms with Crippen molar-refractivity contribution >= 4 is 61.5 Å². The first-order chi connectivity index (χ1) is 17.2. The van der Waals surface area contributed by atoms with E-state index in [2.05, 4.69) is 9.39 Å². The molecule has 13 heteroatoms. The molecule has 0 fully saturated rings. The van der Waals surface area contributed by atoms with Crippen LogP contribution in [0, 0.1) is 5.41 Å². The van der Waals surface area contributed by atoms with Gasteiger partial charge in [0, 0.05) is 17.7 Å². The largest absolute Gasteiger partial charge is 0.493 e. The molecule has 0 atom stereocenters. The molecule has 0 unspecified atom stereocenters. The Hall–Kier alpha value is -3.35. The van der Waals surface area contributed by atoms with Gasteiger partial charge in [-0.25, -0.2) is 13.3 Å². The molecule has 1 N–H and O–H groups in total. The Kier molecular flexibility index (Phi) is 7.67. The van der Waals surface area contributed by atoms with Crippen molar-refractivity contribution in [2.45, 2.75) is 6.42 Å². The van der Waals surface area contributed by atoms with Gasteiger partial charge in [-0.3, -0.25) is 10.2 Å². The standard InChI is InChI=1S/C23H21ClN4O6S2/c1-32-19-13-14(4-9-18(19)34-11-3-10-33-16-7-5-15(24)6-8-16)12-17-20(25)28-22(26-21(17)29)35-27-23(28)36(2,30)31/h4-9,12-13,25H,3,10-11H2,1-2H3/b17-12-,25-20?. The molecular formula is C23H21ClN4O6S2. The molecule has 0 spiro atoms. The predicted molar refractivity (Wildman–Crippen MR) is 140 cm³/mol. The van der Waals surface area contributed by atoms with E-state index in [9.17, 15) is 13.2 Å². The number of hydrogen-bond acceptors (Lipinski definition) is 9. The first-order valence-electron chi connectivity index (χ1n) is 10.6. The van der Waals surface area contributed by atoms with E-state index >= 15 is 0 Å². The number of halogens is 1. The molecule has 0 aromatic heterocycles. The van der Waals surface area contributed by atoms with Crippen molar-refractivity contribution in [3.05, 3.63) is 58.6 Å². The van der Waals surface area contributed by atoms with Crippen molar-refractivity contribution in [2.24, 2.45) is 9.39 Å². The number of carbonyl (C=O) groups is 1. The van der Waals surface area contributed by atoms with Gasteiger partial charge in [0.1, 0.15) is 11.6 Å². The summed E-state index contributed by atoms with van der Waals surface area (Å²) in [6, 6.07) is 12.1. The summed E-state index contributed by atoms with van der Waals surface area (Å²) in [7, 11) is -2.23. The fourth-order valence-corrected chi connectivity index (χ4v) is 5.23. The lowest BCUT2D eigenvalue weighted by molar-refractivity contribution is -0.114. The second kappa shape index (κ2) is 10.7. The third-order valence-corrected chi connectivity index (χ3v) is 6.96. The number of amides is 1. The van der Waals surface area contributed by atoms with E-state index in [0.29, 0.717) is 41.7 Å². The van der Waals surface area contributed by atoms with Gasteiger partial charge in [0.15, 0.2) is 11.5 Å². The van der Waals surface area contributed by atoms with Crippen LogP contribution in [0.1, 0.15) is 12.0 Å². The maximum Gasteiger partial charge on any atom is 0.283 e. The summed E-state index contributed by atoms with van der Waals surface area (Å²) < 4.78 is 44.8. The number of nitrogens with one attached hydrogen (secondary N) is 1. The minimum absolute atomic E-state index is 0.0314. The third-order valence-electron chi connectivity index (χ3n) is 4.95. The zero-order chi connectivity index (χ0) is 25.9.